The third kappa shape index (κ3) is 4.07. The van der Waals surface area contributed by atoms with E-state index in [1.165, 1.54) is 12.8 Å². The van der Waals surface area contributed by atoms with Gasteiger partial charge in [0, 0.05) is 0 Å². The zero-order chi connectivity index (χ0) is 10.4. The van der Waals surface area contributed by atoms with Crippen LogP contribution < -0.4 is 11.1 Å². The van der Waals surface area contributed by atoms with Gasteiger partial charge in [0.1, 0.15) is 6.04 Å². The van der Waals surface area contributed by atoms with Crippen LogP contribution in [0.2, 0.25) is 0 Å². The van der Waals surface area contributed by atoms with Gasteiger partial charge >= 0.3 is 5.97 Å². The molecule has 1 rings (SSSR count). The SMILES string of the molecule is NC(CCCC1CCNCC1)C(=O)O. The first-order chi connectivity index (χ1) is 6.70. The Morgan fingerprint density at radius 1 is 1.50 bits per heavy atom. The molecule has 1 atom stereocenters. The van der Waals surface area contributed by atoms with Crippen LogP contribution in [0, 0.1) is 5.92 Å². The molecule has 0 bridgehead atoms. The van der Waals surface area contributed by atoms with Crippen molar-refractivity contribution in [2.24, 2.45) is 11.7 Å². The van der Waals surface area contributed by atoms with Crippen molar-refractivity contribution in [3.8, 4) is 0 Å². The van der Waals surface area contributed by atoms with Crippen LogP contribution in [0.15, 0.2) is 0 Å². The van der Waals surface area contributed by atoms with E-state index in [4.69, 9.17) is 10.8 Å². The lowest BCUT2D eigenvalue weighted by atomic mass is 9.92. The molecule has 1 heterocycles. The third-order valence-electron chi connectivity index (χ3n) is 2.90. The van der Waals surface area contributed by atoms with E-state index in [0.717, 1.165) is 31.8 Å². The summed E-state index contributed by atoms with van der Waals surface area (Å²) in [5, 5.41) is 11.9. The summed E-state index contributed by atoms with van der Waals surface area (Å²) in [6.45, 7) is 2.21. The molecular formula is C10H20N2O2. The predicted molar refractivity (Wildman–Crippen MR) is 55.1 cm³/mol. The Balaban J connectivity index is 2.05. The van der Waals surface area contributed by atoms with Gasteiger partial charge in [0.15, 0.2) is 0 Å². The van der Waals surface area contributed by atoms with Gasteiger partial charge in [-0.05, 0) is 38.3 Å². The largest absolute Gasteiger partial charge is 0.480 e. The maximum atomic E-state index is 10.4. The molecule has 0 amide bonds. The van der Waals surface area contributed by atoms with E-state index in [0.29, 0.717) is 6.42 Å². The van der Waals surface area contributed by atoms with Crippen molar-refractivity contribution in [3.05, 3.63) is 0 Å². The van der Waals surface area contributed by atoms with Gasteiger partial charge in [-0.3, -0.25) is 4.79 Å². The molecule has 1 aliphatic rings. The van der Waals surface area contributed by atoms with Crippen LogP contribution in [-0.2, 0) is 4.79 Å². The molecule has 1 saturated heterocycles. The second kappa shape index (κ2) is 5.98. The normalized spacial score (nSPS) is 20.6. The minimum atomic E-state index is -0.879. The number of carboxylic acids is 1. The standard InChI is InChI=1S/C10H20N2O2/c11-9(10(13)14)3-1-2-8-4-6-12-7-5-8/h8-9,12H,1-7,11H2,(H,13,14). The van der Waals surface area contributed by atoms with Gasteiger partial charge < -0.3 is 16.2 Å². The minimum Gasteiger partial charge on any atom is -0.480 e. The molecule has 82 valence electrons. The van der Waals surface area contributed by atoms with E-state index in [1.54, 1.807) is 0 Å². The molecule has 4 N–H and O–H groups in total. The zero-order valence-electron chi connectivity index (χ0n) is 8.54. The van der Waals surface area contributed by atoms with Crippen LogP contribution in [0.3, 0.4) is 0 Å². The Hall–Kier alpha value is -0.610. The molecule has 1 unspecified atom stereocenters. The molecule has 1 aliphatic heterocycles. The number of carboxylic acid groups (broad SMARTS) is 1. The van der Waals surface area contributed by atoms with Crippen molar-refractivity contribution < 1.29 is 9.90 Å². The van der Waals surface area contributed by atoms with Crippen LogP contribution in [0.1, 0.15) is 32.1 Å². The Morgan fingerprint density at radius 2 is 2.14 bits per heavy atom. The average molecular weight is 200 g/mol. The summed E-state index contributed by atoms with van der Waals surface area (Å²) in [7, 11) is 0. The molecule has 1 fully saturated rings. The molecule has 0 aliphatic carbocycles. The molecule has 0 spiro atoms. The maximum absolute atomic E-state index is 10.4. The van der Waals surface area contributed by atoms with Gasteiger partial charge in [-0.1, -0.05) is 12.8 Å². The van der Waals surface area contributed by atoms with Crippen molar-refractivity contribution in [1.82, 2.24) is 5.32 Å². The topological polar surface area (TPSA) is 75.3 Å². The second-order valence-corrected chi connectivity index (χ2v) is 4.07. The van der Waals surface area contributed by atoms with Gasteiger partial charge in [-0.15, -0.1) is 0 Å². The highest BCUT2D eigenvalue weighted by Crippen LogP contribution is 2.18. The molecule has 0 aromatic rings. The molecule has 0 saturated carbocycles. The highest BCUT2D eigenvalue weighted by Gasteiger charge is 2.15. The van der Waals surface area contributed by atoms with E-state index in [-0.39, 0.29) is 0 Å². The van der Waals surface area contributed by atoms with E-state index >= 15 is 0 Å². The Morgan fingerprint density at radius 3 is 2.71 bits per heavy atom. The van der Waals surface area contributed by atoms with Crippen molar-refractivity contribution in [2.75, 3.05) is 13.1 Å². The van der Waals surface area contributed by atoms with Crippen LogP contribution in [0.25, 0.3) is 0 Å². The smallest absolute Gasteiger partial charge is 0.320 e. The summed E-state index contributed by atoms with van der Waals surface area (Å²) < 4.78 is 0. The number of hydrogen-bond acceptors (Lipinski definition) is 3. The number of piperidine rings is 1. The van der Waals surface area contributed by atoms with E-state index in [2.05, 4.69) is 5.32 Å². The van der Waals surface area contributed by atoms with Gasteiger partial charge in [-0.2, -0.15) is 0 Å². The lowest BCUT2D eigenvalue weighted by Crippen LogP contribution is -2.31. The summed E-state index contributed by atoms with van der Waals surface area (Å²) >= 11 is 0. The summed E-state index contributed by atoms with van der Waals surface area (Å²) in [5.41, 5.74) is 5.42. The van der Waals surface area contributed by atoms with Crippen molar-refractivity contribution in [2.45, 2.75) is 38.1 Å². The number of carbonyl (C=O) groups is 1. The predicted octanol–water partition coefficient (Wildman–Crippen LogP) is 0.568. The zero-order valence-corrected chi connectivity index (χ0v) is 8.54. The second-order valence-electron chi connectivity index (χ2n) is 4.07. The molecule has 4 heteroatoms. The van der Waals surface area contributed by atoms with Crippen molar-refractivity contribution in [3.63, 3.8) is 0 Å². The third-order valence-corrected chi connectivity index (χ3v) is 2.90. The fourth-order valence-corrected chi connectivity index (χ4v) is 1.92. The molecule has 4 nitrogen and oxygen atoms in total. The lowest BCUT2D eigenvalue weighted by Gasteiger charge is -2.22. The summed E-state index contributed by atoms with van der Waals surface area (Å²) in [6, 6.07) is -0.670. The monoisotopic (exact) mass is 200 g/mol. The van der Waals surface area contributed by atoms with E-state index < -0.39 is 12.0 Å². The molecule has 14 heavy (non-hydrogen) atoms. The number of aliphatic carboxylic acids is 1. The Kier molecular flexibility index (Phi) is 4.90. The van der Waals surface area contributed by atoms with E-state index in [9.17, 15) is 4.79 Å². The van der Waals surface area contributed by atoms with Crippen molar-refractivity contribution >= 4 is 5.97 Å². The molecule has 0 aromatic heterocycles. The average Bonchev–Trinajstić information content (AvgIpc) is 2.19. The van der Waals surface area contributed by atoms with Crippen molar-refractivity contribution in [1.29, 1.82) is 0 Å². The first kappa shape index (κ1) is 11.5. The van der Waals surface area contributed by atoms with E-state index in [1.807, 2.05) is 0 Å². The van der Waals surface area contributed by atoms with Crippen LogP contribution >= 0.6 is 0 Å². The molecule has 0 radical (unpaired) electrons. The van der Waals surface area contributed by atoms with Gasteiger partial charge in [0.2, 0.25) is 0 Å². The number of rotatable bonds is 5. The fourth-order valence-electron chi connectivity index (χ4n) is 1.92. The highest BCUT2D eigenvalue weighted by molar-refractivity contribution is 5.72. The van der Waals surface area contributed by atoms with Crippen LogP contribution in [0.4, 0.5) is 0 Å². The summed E-state index contributed by atoms with van der Waals surface area (Å²) in [5.74, 6) is -0.104. The number of hydrogen-bond donors (Lipinski definition) is 3. The quantitative estimate of drug-likeness (QED) is 0.606. The van der Waals surface area contributed by atoms with Gasteiger partial charge in [-0.25, -0.2) is 0 Å². The number of nitrogens with one attached hydrogen (secondary N) is 1. The fraction of sp³-hybridized carbons (Fsp3) is 0.900. The first-order valence-electron chi connectivity index (χ1n) is 5.39. The van der Waals surface area contributed by atoms with Crippen LogP contribution in [0.5, 0.6) is 0 Å². The van der Waals surface area contributed by atoms with Gasteiger partial charge in [0.05, 0.1) is 0 Å². The molecule has 0 aromatic carbocycles. The summed E-state index contributed by atoms with van der Waals surface area (Å²) in [4.78, 5) is 10.4. The Bertz CT molecular complexity index is 179. The number of nitrogens with two attached hydrogens (primary N) is 1. The lowest BCUT2D eigenvalue weighted by molar-refractivity contribution is -0.138. The summed E-state index contributed by atoms with van der Waals surface area (Å²) in [6.07, 6.45) is 5.13. The van der Waals surface area contributed by atoms with Crippen LogP contribution in [-0.4, -0.2) is 30.2 Å². The Labute approximate surface area is 84.9 Å². The molecular weight excluding hydrogens is 180 g/mol. The highest BCUT2D eigenvalue weighted by atomic mass is 16.4. The van der Waals surface area contributed by atoms with Gasteiger partial charge in [0.25, 0.3) is 0 Å². The maximum Gasteiger partial charge on any atom is 0.320 e. The minimum absolute atomic E-state index is 0.610. The first-order valence-corrected chi connectivity index (χ1v) is 5.39.